The molecule has 168 valence electrons. The Morgan fingerprint density at radius 3 is 1.33 bits per heavy atom. The van der Waals surface area contributed by atoms with Crippen molar-refractivity contribution >= 4 is 0 Å². The third-order valence-corrected chi connectivity index (χ3v) is 5.38. The number of phenols is 1. The zero-order chi connectivity index (χ0) is 23.4. The molecule has 1 aromatic heterocycles. The molecule has 0 bridgehead atoms. The molecule has 1 N–H and O–H groups in total. The molecule has 0 saturated heterocycles. The zero-order valence-corrected chi connectivity index (χ0v) is 19.0. The van der Waals surface area contributed by atoms with Crippen LogP contribution >= 0.6 is 0 Å². The van der Waals surface area contributed by atoms with E-state index in [1.165, 1.54) is 0 Å². The van der Waals surface area contributed by atoms with Gasteiger partial charge in [0.05, 0.1) is 39.8 Å². The van der Waals surface area contributed by atoms with Gasteiger partial charge in [0.2, 0.25) is 0 Å². The fourth-order valence-corrected chi connectivity index (χ4v) is 3.64. The molecular weight excluding hydrogens is 418 g/mol. The van der Waals surface area contributed by atoms with Crippen LogP contribution < -0.4 is 18.9 Å². The largest absolute Gasteiger partial charge is 0.508 e. The number of methoxy groups -OCH3 is 4. The quantitative estimate of drug-likeness (QED) is 0.388. The molecule has 1 heterocycles. The molecule has 0 aliphatic rings. The average Bonchev–Trinajstić information content (AvgIpc) is 2.87. The van der Waals surface area contributed by atoms with Crippen LogP contribution in [0.3, 0.4) is 0 Å². The van der Waals surface area contributed by atoms with Gasteiger partial charge in [-0.25, -0.2) is 4.98 Å². The lowest BCUT2D eigenvalue weighted by molar-refractivity contribution is 0.355. The molecule has 33 heavy (non-hydrogen) atoms. The molecule has 6 nitrogen and oxygen atoms in total. The number of hydrogen-bond donors (Lipinski definition) is 1. The lowest BCUT2D eigenvalue weighted by atomic mass is 9.99. The Hall–Kier alpha value is -4.19. The maximum Gasteiger partial charge on any atom is 0.161 e. The van der Waals surface area contributed by atoms with E-state index >= 15 is 0 Å². The van der Waals surface area contributed by atoms with E-state index in [0.717, 1.165) is 33.6 Å². The second-order valence-corrected chi connectivity index (χ2v) is 7.31. The first-order valence-electron chi connectivity index (χ1n) is 10.3. The Labute approximate surface area is 193 Å². The van der Waals surface area contributed by atoms with Gasteiger partial charge in [-0.1, -0.05) is 12.1 Å². The summed E-state index contributed by atoms with van der Waals surface area (Å²) >= 11 is 0. The first-order chi connectivity index (χ1) is 16.1. The van der Waals surface area contributed by atoms with Crippen LogP contribution in [0.25, 0.3) is 33.6 Å². The molecule has 0 aliphatic heterocycles. The number of nitrogens with zero attached hydrogens (tertiary/aromatic N) is 1. The van der Waals surface area contributed by atoms with Crippen LogP contribution in [0.5, 0.6) is 28.7 Å². The summed E-state index contributed by atoms with van der Waals surface area (Å²) in [5.41, 5.74) is 5.22. The fraction of sp³-hybridized carbons (Fsp3) is 0.148. The Morgan fingerprint density at radius 2 is 0.909 bits per heavy atom. The van der Waals surface area contributed by atoms with Gasteiger partial charge in [-0.3, -0.25) is 0 Å². The summed E-state index contributed by atoms with van der Waals surface area (Å²) < 4.78 is 21.7. The van der Waals surface area contributed by atoms with Crippen LogP contribution in [0.2, 0.25) is 0 Å². The van der Waals surface area contributed by atoms with Crippen LogP contribution in [0, 0.1) is 0 Å². The van der Waals surface area contributed by atoms with Gasteiger partial charge >= 0.3 is 0 Å². The van der Waals surface area contributed by atoms with E-state index in [1.54, 1.807) is 40.6 Å². The van der Waals surface area contributed by atoms with Crippen molar-refractivity contribution in [1.29, 1.82) is 0 Å². The minimum Gasteiger partial charge on any atom is -0.508 e. The molecule has 0 spiro atoms. The molecule has 0 aliphatic carbocycles. The predicted octanol–water partition coefficient (Wildman–Crippen LogP) is 5.82. The van der Waals surface area contributed by atoms with Gasteiger partial charge in [0.1, 0.15) is 5.75 Å². The molecule has 4 aromatic rings. The smallest absolute Gasteiger partial charge is 0.161 e. The van der Waals surface area contributed by atoms with Crippen LogP contribution in [-0.2, 0) is 0 Å². The maximum absolute atomic E-state index is 9.72. The molecule has 0 unspecified atom stereocenters. The number of pyridine rings is 1. The van der Waals surface area contributed by atoms with E-state index in [9.17, 15) is 5.11 Å². The second-order valence-electron chi connectivity index (χ2n) is 7.31. The highest BCUT2D eigenvalue weighted by Crippen LogP contribution is 2.37. The molecule has 4 rings (SSSR count). The summed E-state index contributed by atoms with van der Waals surface area (Å²) in [5, 5.41) is 9.72. The third-order valence-electron chi connectivity index (χ3n) is 5.38. The highest BCUT2D eigenvalue weighted by Gasteiger charge is 2.13. The van der Waals surface area contributed by atoms with Crippen molar-refractivity contribution in [2.24, 2.45) is 0 Å². The minimum absolute atomic E-state index is 0.216. The monoisotopic (exact) mass is 443 g/mol. The number of hydrogen-bond acceptors (Lipinski definition) is 6. The van der Waals surface area contributed by atoms with E-state index in [2.05, 4.69) is 0 Å². The molecule has 0 saturated carbocycles. The number of benzene rings is 3. The van der Waals surface area contributed by atoms with E-state index in [4.69, 9.17) is 23.9 Å². The van der Waals surface area contributed by atoms with E-state index in [-0.39, 0.29) is 5.75 Å². The second kappa shape index (κ2) is 9.53. The van der Waals surface area contributed by atoms with Crippen LogP contribution in [-0.4, -0.2) is 38.5 Å². The highest BCUT2D eigenvalue weighted by molar-refractivity contribution is 5.78. The number of phenolic OH excluding ortho intramolecular Hbond substituents is 1. The summed E-state index contributed by atoms with van der Waals surface area (Å²) in [6, 6.07) is 22.5. The van der Waals surface area contributed by atoms with Gasteiger partial charge in [0, 0.05) is 11.1 Å². The van der Waals surface area contributed by atoms with Crippen molar-refractivity contribution < 1.29 is 24.1 Å². The van der Waals surface area contributed by atoms with Gasteiger partial charge in [-0.05, 0) is 71.8 Å². The molecular formula is C27H25NO5. The van der Waals surface area contributed by atoms with E-state index in [1.807, 2.05) is 60.7 Å². The van der Waals surface area contributed by atoms with Crippen LogP contribution in [0.4, 0.5) is 0 Å². The van der Waals surface area contributed by atoms with Crippen molar-refractivity contribution in [3.8, 4) is 62.4 Å². The average molecular weight is 443 g/mol. The summed E-state index contributed by atoms with van der Waals surface area (Å²) in [6.45, 7) is 0. The Kier molecular flexibility index (Phi) is 6.36. The SMILES string of the molecule is COc1ccc(-c2cc(-c3ccc(O)cc3)cc(-c3ccc(OC)c(OC)c3)n2)cc1OC. The predicted molar refractivity (Wildman–Crippen MR) is 128 cm³/mol. The van der Waals surface area contributed by atoms with Gasteiger partial charge in [0.25, 0.3) is 0 Å². The topological polar surface area (TPSA) is 70.0 Å². The van der Waals surface area contributed by atoms with Crippen molar-refractivity contribution in [1.82, 2.24) is 4.98 Å². The Bertz CT molecular complexity index is 1190. The molecule has 0 atom stereocenters. The normalized spacial score (nSPS) is 10.5. The lowest BCUT2D eigenvalue weighted by Gasteiger charge is -2.14. The van der Waals surface area contributed by atoms with Crippen molar-refractivity contribution in [2.45, 2.75) is 0 Å². The van der Waals surface area contributed by atoms with Gasteiger partial charge < -0.3 is 24.1 Å². The van der Waals surface area contributed by atoms with Crippen LogP contribution in [0.15, 0.2) is 72.8 Å². The van der Waals surface area contributed by atoms with E-state index < -0.39 is 0 Å². The first kappa shape index (κ1) is 22.0. The van der Waals surface area contributed by atoms with Crippen molar-refractivity contribution in [3.63, 3.8) is 0 Å². The minimum atomic E-state index is 0.216. The Morgan fingerprint density at radius 1 is 0.485 bits per heavy atom. The van der Waals surface area contributed by atoms with Gasteiger partial charge in [-0.2, -0.15) is 0 Å². The molecule has 6 heteroatoms. The third kappa shape index (κ3) is 4.55. The molecule has 3 aromatic carbocycles. The fourth-order valence-electron chi connectivity index (χ4n) is 3.64. The zero-order valence-electron chi connectivity index (χ0n) is 19.0. The number of aromatic nitrogens is 1. The molecule has 0 amide bonds. The van der Waals surface area contributed by atoms with Crippen molar-refractivity contribution in [2.75, 3.05) is 28.4 Å². The summed E-state index contributed by atoms with van der Waals surface area (Å²) in [7, 11) is 6.43. The summed E-state index contributed by atoms with van der Waals surface area (Å²) in [5.74, 6) is 2.76. The standard InChI is InChI=1S/C27H25NO5/c1-30-24-11-7-18(15-26(24)32-3)22-13-20(17-5-9-21(29)10-6-17)14-23(28-22)19-8-12-25(31-2)27(16-19)33-4/h5-16,29H,1-4H3. The van der Waals surface area contributed by atoms with Crippen LogP contribution in [0.1, 0.15) is 0 Å². The number of rotatable bonds is 7. The molecule has 0 radical (unpaired) electrons. The lowest BCUT2D eigenvalue weighted by Crippen LogP contribution is -1.95. The summed E-state index contributed by atoms with van der Waals surface area (Å²) in [6.07, 6.45) is 0. The number of ether oxygens (including phenoxy) is 4. The summed E-state index contributed by atoms with van der Waals surface area (Å²) in [4.78, 5) is 4.94. The van der Waals surface area contributed by atoms with Gasteiger partial charge in [0.15, 0.2) is 23.0 Å². The number of aromatic hydroxyl groups is 1. The maximum atomic E-state index is 9.72. The van der Waals surface area contributed by atoms with E-state index in [0.29, 0.717) is 23.0 Å². The first-order valence-corrected chi connectivity index (χ1v) is 10.3. The Balaban J connectivity index is 1.90. The molecule has 0 fully saturated rings. The van der Waals surface area contributed by atoms with Crippen molar-refractivity contribution in [3.05, 3.63) is 72.8 Å². The van der Waals surface area contributed by atoms with Gasteiger partial charge in [-0.15, -0.1) is 0 Å². The highest BCUT2D eigenvalue weighted by atomic mass is 16.5.